The Hall–Kier alpha value is -2.76. The molecule has 0 heterocycles. The molecule has 36 heavy (non-hydrogen) atoms. The fourth-order valence-electron chi connectivity index (χ4n) is 4.04. The van der Waals surface area contributed by atoms with Crippen molar-refractivity contribution in [3.8, 4) is 0 Å². The average Bonchev–Trinajstić information content (AvgIpc) is 2.86. The molecule has 0 fully saturated rings. The molecule has 5 heteroatoms. The summed E-state index contributed by atoms with van der Waals surface area (Å²) >= 11 is 0. The van der Waals surface area contributed by atoms with Gasteiger partial charge in [-0.05, 0) is 74.9 Å². The van der Waals surface area contributed by atoms with Gasteiger partial charge in [0.25, 0.3) is 0 Å². The average molecular weight is 498 g/mol. The molecule has 0 aromatic heterocycles. The number of aldehydes is 1. The van der Waals surface area contributed by atoms with Gasteiger partial charge in [-0.2, -0.15) is 0 Å². The van der Waals surface area contributed by atoms with E-state index in [0.717, 1.165) is 35.8 Å². The van der Waals surface area contributed by atoms with Crippen molar-refractivity contribution in [1.82, 2.24) is 5.32 Å². The summed E-state index contributed by atoms with van der Waals surface area (Å²) < 4.78 is 0. The van der Waals surface area contributed by atoms with Crippen molar-refractivity contribution >= 4 is 18.3 Å². The molecule has 200 valence electrons. The largest absolute Gasteiger partial charge is 0.480 e. The number of aliphatic hydroxyl groups is 1. The molecule has 0 spiro atoms. The van der Waals surface area contributed by atoms with Crippen LogP contribution in [0.15, 0.2) is 42.5 Å². The van der Waals surface area contributed by atoms with Gasteiger partial charge in [0.1, 0.15) is 6.29 Å². The Balaban J connectivity index is 0.00000134. The number of aliphatic carboxylic acids is 1. The van der Waals surface area contributed by atoms with Gasteiger partial charge in [0.05, 0.1) is 12.1 Å². The van der Waals surface area contributed by atoms with E-state index in [0.29, 0.717) is 6.42 Å². The standard InChI is InChI=1S/C26H34O2.C3H7NO2.C2H6/c1-7-25(6,28)15-14-21-10-12-23(16-19(21)4)26(8-2,9-3)24-13-11-22(18-27)20(5)17-24;1-4-2-3(5)6;1-2/h10-18,28H,7-9H2,1-6H3;4H,2H2,1H3,(H,5,6);1-2H3/b15-14+;;. The maximum atomic E-state index is 11.2. The van der Waals surface area contributed by atoms with E-state index in [-0.39, 0.29) is 12.0 Å². The van der Waals surface area contributed by atoms with Crippen LogP contribution in [-0.2, 0) is 10.2 Å². The summed E-state index contributed by atoms with van der Waals surface area (Å²) in [6, 6.07) is 12.8. The molecule has 0 bridgehead atoms. The van der Waals surface area contributed by atoms with E-state index in [2.05, 4.69) is 56.4 Å². The number of carboxylic acid groups (broad SMARTS) is 1. The van der Waals surface area contributed by atoms with Gasteiger partial charge in [0.2, 0.25) is 0 Å². The maximum absolute atomic E-state index is 11.2. The first-order valence-electron chi connectivity index (χ1n) is 13.0. The smallest absolute Gasteiger partial charge is 0.317 e. The second-order valence-corrected chi connectivity index (χ2v) is 9.02. The molecule has 1 unspecified atom stereocenters. The third-order valence-corrected chi connectivity index (χ3v) is 6.64. The zero-order chi connectivity index (χ0) is 27.9. The zero-order valence-corrected chi connectivity index (χ0v) is 23.7. The SMILES string of the molecule is CC.CCC(C)(O)/C=C/c1ccc(C(CC)(CC)c2ccc(C=O)c(C)c2)cc1C.CNCC(=O)O. The Morgan fingerprint density at radius 1 is 0.917 bits per heavy atom. The van der Waals surface area contributed by atoms with Crippen molar-refractivity contribution in [2.24, 2.45) is 0 Å². The van der Waals surface area contributed by atoms with Crippen LogP contribution in [-0.4, -0.2) is 41.7 Å². The van der Waals surface area contributed by atoms with Crippen molar-refractivity contribution in [3.05, 3.63) is 75.9 Å². The van der Waals surface area contributed by atoms with Gasteiger partial charge in [-0.3, -0.25) is 9.59 Å². The van der Waals surface area contributed by atoms with E-state index in [9.17, 15) is 14.7 Å². The summed E-state index contributed by atoms with van der Waals surface area (Å²) in [4.78, 5) is 20.7. The summed E-state index contributed by atoms with van der Waals surface area (Å²) in [6.45, 7) is 16.4. The lowest BCUT2D eigenvalue weighted by Crippen LogP contribution is -2.26. The number of carbonyl (C=O) groups excluding carboxylic acids is 1. The minimum atomic E-state index is -0.822. The van der Waals surface area contributed by atoms with Crippen molar-refractivity contribution in [3.63, 3.8) is 0 Å². The van der Waals surface area contributed by atoms with E-state index in [1.165, 1.54) is 16.7 Å². The number of benzene rings is 2. The zero-order valence-electron chi connectivity index (χ0n) is 23.7. The minimum Gasteiger partial charge on any atom is -0.480 e. The second-order valence-electron chi connectivity index (χ2n) is 9.02. The summed E-state index contributed by atoms with van der Waals surface area (Å²) in [7, 11) is 1.59. The first kappa shape index (κ1) is 33.2. The van der Waals surface area contributed by atoms with Crippen LogP contribution in [0.3, 0.4) is 0 Å². The highest BCUT2D eigenvalue weighted by Gasteiger charge is 2.31. The summed E-state index contributed by atoms with van der Waals surface area (Å²) in [5.41, 5.74) is 5.82. The molecule has 0 aliphatic carbocycles. The summed E-state index contributed by atoms with van der Waals surface area (Å²) in [5, 5.41) is 20.6. The van der Waals surface area contributed by atoms with Gasteiger partial charge in [0.15, 0.2) is 0 Å². The van der Waals surface area contributed by atoms with Crippen molar-refractivity contribution in [1.29, 1.82) is 0 Å². The van der Waals surface area contributed by atoms with Crippen LogP contribution in [0.1, 0.15) is 99.0 Å². The molecule has 0 saturated heterocycles. The fraction of sp³-hybridized carbons (Fsp3) is 0.484. The number of likely N-dealkylation sites (N-methyl/N-ethyl adjacent to an activating group) is 1. The Kier molecular flexibility index (Phi) is 14.8. The normalized spacial score (nSPS) is 12.6. The number of carboxylic acids is 1. The van der Waals surface area contributed by atoms with Crippen LogP contribution in [0, 0.1) is 13.8 Å². The lowest BCUT2D eigenvalue weighted by atomic mass is 9.69. The molecule has 2 aromatic carbocycles. The van der Waals surface area contributed by atoms with E-state index >= 15 is 0 Å². The number of hydrogen-bond donors (Lipinski definition) is 3. The number of nitrogens with one attached hydrogen (secondary N) is 1. The van der Waals surface area contributed by atoms with Gasteiger partial charge >= 0.3 is 5.97 Å². The lowest BCUT2D eigenvalue weighted by Gasteiger charge is -2.34. The van der Waals surface area contributed by atoms with Gasteiger partial charge in [-0.1, -0.05) is 83.2 Å². The number of carbonyl (C=O) groups is 2. The van der Waals surface area contributed by atoms with Crippen LogP contribution in [0.25, 0.3) is 6.08 Å². The predicted octanol–water partition coefficient (Wildman–Crippen LogP) is 6.71. The molecule has 2 aromatic rings. The van der Waals surface area contributed by atoms with E-state index < -0.39 is 11.6 Å². The second kappa shape index (κ2) is 16.1. The summed E-state index contributed by atoms with van der Waals surface area (Å²) in [5.74, 6) is -0.822. The minimum absolute atomic E-state index is 0.0417. The van der Waals surface area contributed by atoms with Gasteiger partial charge < -0.3 is 15.5 Å². The monoisotopic (exact) mass is 497 g/mol. The van der Waals surface area contributed by atoms with E-state index in [1.807, 2.05) is 52.8 Å². The number of rotatable bonds is 10. The molecule has 0 saturated carbocycles. The topological polar surface area (TPSA) is 86.6 Å². The Morgan fingerprint density at radius 2 is 1.39 bits per heavy atom. The van der Waals surface area contributed by atoms with E-state index in [4.69, 9.17) is 5.11 Å². The summed E-state index contributed by atoms with van der Waals surface area (Å²) in [6.07, 6.45) is 7.49. The molecule has 5 nitrogen and oxygen atoms in total. The molecular weight excluding hydrogens is 450 g/mol. The number of hydrogen-bond acceptors (Lipinski definition) is 4. The van der Waals surface area contributed by atoms with Crippen LogP contribution in [0.4, 0.5) is 0 Å². The van der Waals surface area contributed by atoms with Crippen molar-refractivity contribution < 1.29 is 19.8 Å². The molecule has 0 radical (unpaired) electrons. The van der Waals surface area contributed by atoms with Crippen LogP contribution < -0.4 is 5.32 Å². The lowest BCUT2D eigenvalue weighted by molar-refractivity contribution is -0.135. The third-order valence-electron chi connectivity index (χ3n) is 6.64. The molecule has 0 aliphatic heterocycles. The van der Waals surface area contributed by atoms with Crippen LogP contribution in [0.2, 0.25) is 0 Å². The molecule has 0 amide bonds. The van der Waals surface area contributed by atoms with Gasteiger partial charge in [-0.25, -0.2) is 0 Å². The Bertz CT molecular complexity index is 988. The predicted molar refractivity (Wildman–Crippen MR) is 152 cm³/mol. The number of aryl methyl sites for hydroxylation is 2. The molecule has 3 N–H and O–H groups in total. The molecule has 0 aliphatic rings. The van der Waals surface area contributed by atoms with Crippen molar-refractivity contribution in [2.45, 2.75) is 85.7 Å². The first-order chi connectivity index (χ1) is 17.0. The Labute approximate surface area is 218 Å². The molecule has 1 atom stereocenters. The molecule has 2 rings (SSSR count). The van der Waals surface area contributed by atoms with Gasteiger partial charge in [0, 0.05) is 11.0 Å². The van der Waals surface area contributed by atoms with E-state index in [1.54, 1.807) is 7.05 Å². The Morgan fingerprint density at radius 3 is 1.69 bits per heavy atom. The first-order valence-corrected chi connectivity index (χ1v) is 13.0. The van der Waals surface area contributed by atoms with Crippen LogP contribution >= 0.6 is 0 Å². The highest BCUT2D eigenvalue weighted by molar-refractivity contribution is 5.77. The van der Waals surface area contributed by atoms with Gasteiger partial charge in [-0.15, -0.1) is 0 Å². The van der Waals surface area contributed by atoms with Crippen molar-refractivity contribution in [2.75, 3.05) is 13.6 Å². The van der Waals surface area contributed by atoms with Crippen LogP contribution in [0.5, 0.6) is 0 Å². The maximum Gasteiger partial charge on any atom is 0.317 e. The fourth-order valence-corrected chi connectivity index (χ4v) is 4.04. The highest BCUT2D eigenvalue weighted by Crippen LogP contribution is 2.40. The molecular formula is C31H47NO4. The quantitative estimate of drug-likeness (QED) is 0.318. The highest BCUT2D eigenvalue weighted by atomic mass is 16.4. The third kappa shape index (κ3) is 9.36.